The Bertz CT molecular complexity index is 1770. The molecule has 186 valence electrons. The van der Waals surface area contributed by atoms with Crippen LogP contribution >= 0.6 is 22.9 Å². The number of halogens is 1. The zero-order chi connectivity index (χ0) is 26.5. The van der Waals surface area contributed by atoms with Crippen molar-refractivity contribution in [1.82, 2.24) is 4.98 Å². The highest BCUT2D eigenvalue weighted by atomic mass is 35.5. The summed E-state index contributed by atoms with van der Waals surface area (Å²) < 4.78 is 11.2. The number of allylic oxidation sites excluding steroid dienone is 1. The van der Waals surface area contributed by atoms with Crippen molar-refractivity contribution in [1.29, 1.82) is 5.26 Å². The molecule has 2 aromatic heterocycles. The molecule has 7 nitrogen and oxygen atoms in total. The fourth-order valence-electron chi connectivity index (χ4n) is 3.68. The third-order valence-electron chi connectivity index (χ3n) is 5.46. The highest BCUT2D eigenvalue weighted by Crippen LogP contribution is 2.30. The first-order chi connectivity index (χ1) is 18.5. The van der Waals surface area contributed by atoms with Crippen molar-refractivity contribution in [2.75, 3.05) is 11.9 Å². The van der Waals surface area contributed by atoms with E-state index in [1.807, 2.05) is 18.2 Å². The summed E-state index contributed by atoms with van der Waals surface area (Å²) in [5.41, 5.74) is 2.10. The van der Waals surface area contributed by atoms with Crippen LogP contribution in [0.15, 0.2) is 93.5 Å². The fourth-order valence-corrected chi connectivity index (χ4v) is 4.65. The van der Waals surface area contributed by atoms with E-state index in [2.05, 4.69) is 16.4 Å². The lowest BCUT2D eigenvalue weighted by Gasteiger charge is -2.10. The maximum Gasteiger partial charge on any atom is 0.345 e. The minimum atomic E-state index is -0.535. The van der Waals surface area contributed by atoms with Gasteiger partial charge in [-0.25, -0.2) is 9.78 Å². The maximum absolute atomic E-state index is 12.6. The Balaban J connectivity index is 1.38. The highest BCUT2D eigenvalue weighted by Gasteiger charge is 2.15. The molecule has 0 unspecified atom stereocenters. The summed E-state index contributed by atoms with van der Waals surface area (Å²) in [4.78, 5) is 29.4. The molecule has 0 radical (unpaired) electrons. The van der Waals surface area contributed by atoms with E-state index in [4.69, 9.17) is 20.8 Å². The van der Waals surface area contributed by atoms with Crippen molar-refractivity contribution >= 4 is 57.2 Å². The second-order valence-electron chi connectivity index (χ2n) is 8.08. The molecule has 0 fully saturated rings. The van der Waals surface area contributed by atoms with E-state index in [0.717, 1.165) is 0 Å². The van der Waals surface area contributed by atoms with E-state index >= 15 is 0 Å². The molecule has 9 heteroatoms. The molecule has 0 aliphatic carbocycles. The second kappa shape index (κ2) is 11.1. The lowest BCUT2D eigenvalue weighted by Crippen LogP contribution is -2.20. The average molecular weight is 540 g/mol. The number of nitrogens with one attached hydrogen (secondary N) is 1. The second-order valence-corrected chi connectivity index (χ2v) is 9.37. The number of amides is 1. The number of thiazole rings is 1. The summed E-state index contributed by atoms with van der Waals surface area (Å²) in [7, 11) is 0. The lowest BCUT2D eigenvalue weighted by molar-refractivity contribution is -0.118. The van der Waals surface area contributed by atoms with Gasteiger partial charge in [-0.15, -0.1) is 11.3 Å². The fraction of sp³-hybridized carbons (Fsp3) is 0.0345. The number of hydrogen-bond donors (Lipinski definition) is 1. The Kier molecular flexibility index (Phi) is 7.31. The molecule has 0 saturated carbocycles. The van der Waals surface area contributed by atoms with Crippen molar-refractivity contribution < 1.29 is 13.9 Å². The molecule has 0 saturated heterocycles. The van der Waals surface area contributed by atoms with Crippen LogP contribution in [0.3, 0.4) is 0 Å². The molecule has 0 bridgehead atoms. The number of hydrogen-bond acceptors (Lipinski definition) is 7. The zero-order valence-corrected chi connectivity index (χ0v) is 21.3. The summed E-state index contributed by atoms with van der Waals surface area (Å²) in [6.45, 7) is -0.204. The van der Waals surface area contributed by atoms with Crippen LogP contribution in [0, 0.1) is 11.3 Å². The number of nitriles is 1. The van der Waals surface area contributed by atoms with E-state index < -0.39 is 5.63 Å². The van der Waals surface area contributed by atoms with Gasteiger partial charge >= 0.3 is 5.63 Å². The van der Waals surface area contributed by atoms with E-state index in [-0.39, 0.29) is 23.7 Å². The van der Waals surface area contributed by atoms with Crippen molar-refractivity contribution in [3.05, 3.63) is 110 Å². The third-order valence-corrected chi connectivity index (χ3v) is 6.57. The van der Waals surface area contributed by atoms with Gasteiger partial charge in [0.2, 0.25) is 0 Å². The molecule has 0 aliphatic heterocycles. The van der Waals surface area contributed by atoms with Crippen LogP contribution in [0.1, 0.15) is 10.6 Å². The highest BCUT2D eigenvalue weighted by molar-refractivity contribution is 7.11. The van der Waals surface area contributed by atoms with Gasteiger partial charge in [0.15, 0.2) is 6.61 Å². The van der Waals surface area contributed by atoms with Gasteiger partial charge in [0.05, 0.1) is 16.8 Å². The molecule has 3 aromatic carbocycles. The zero-order valence-electron chi connectivity index (χ0n) is 19.7. The number of para-hydroxylation sites is 2. The normalized spacial score (nSPS) is 11.2. The monoisotopic (exact) mass is 539 g/mol. The minimum absolute atomic E-state index is 0.204. The number of anilines is 1. The van der Waals surface area contributed by atoms with Crippen LogP contribution in [0.2, 0.25) is 5.02 Å². The Morgan fingerprint density at radius 1 is 1.11 bits per heavy atom. The average Bonchev–Trinajstić information content (AvgIpc) is 3.41. The molecule has 1 N–H and O–H groups in total. The molecular weight excluding hydrogens is 522 g/mol. The Morgan fingerprint density at radius 2 is 1.89 bits per heavy atom. The minimum Gasteiger partial charge on any atom is -0.483 e. The molecule has 38 heavy (non-hydrogen) atoms. The SMILES string of the molecule is N#CC(=Cc1ccccc1OCC(=O)Nc1ccccc1)c1nc(-c2cc3cc(Cl)ccc3oc2=O)cs1. The summed E-state index contributed by atoms with van der Waals surface area (Å²) in [6.07, 6.45) is 1.63. The smallest absolute Gasteiger partial charge is 0.345 e. The standard InChI is InChI=1S/C29H18ClN3O4S/c30-21-10-11-26-19(13-21)14-23(29(35)37-26)24-17-38-28(33-24)20(15-31)12-18-6-4-5-9-25(18)36-16-27(34)32-22-7-2-1-3-8-22/h1-14,17H,16H2,(H,32,34). The van der Waals surface area contributed by atoms with Crippen molar-refractivity contribution in [3.63, 3.8) is 0 Å². The van der Waals surface area contributed by atoms with E-state index in [1.165, 1.54) is 11.3 Å². The van der Waals surface area contributed by atoms with Gasteiger partial charge in [0, 0.05) is 27.0 Å². The summed E-state index contributed by atoms with van der Waals surface area (Å²) in [5, 5.41) is 15.9. The van der Waals surface area contributed by atoms with Crippen LogP contribution in [-0.4, -0.2) is 17.5 Å². The molecular formula is C29H18ClN3O4S. The van der Waals surface area contributed by atoms with Crippen LogP contribution in [0.4, 0.5) is 5.69 Å². The third kappa shape index (κ3) is 5.65. The molecule has 0 atom stereocenters. The van der Waals surface area contributed by atoms with Crippen LogP contribution < -0.4 is 15.7 Å². The first-order valence-corrected chi connectivity index (χ1v) is 12.6. The van der Waals surface area contributed by atoms with Gasteiger partial charge in [0.25, 0.3) is 5.91 Å². The van der Waals surface area contributed by atoms with Crippen LogP contribution in [-0.2, 0) is 4.79 Å². The van der Waals surface area contributed by atoms with Crippen molar-refractivity contribution in [2.45, 2.75) is 0 Å². The summed E-state index contributed by atoms with van der Waals surface area (Å²) >= 11 is 7.30. The first-order valence-electron chi connectivity index (χ1n) is 11.4. The van der Waals surface area contributed by atoms with Crippen molar-refractivity contribution in [3.8, 4) is 23.1 Å². The Hall–Kier alpha value is -4.71. The van der Waals surface area contributed by atoms with E-state index in [1.54, 1.807) is 72.1 Å². The molecule has 0 aliphatic rings. The van der Waals surface area contributed by atoms with Crippen molar-refractivity contribution in [2.24, 2.45) is 0 Å². The molecule has 5 aromatic rings. The summed E-state index contributed by atoms with van der Waals surface area (Å²) in [6, 6.07) is 25.0. The van der Waals surface area contributed by atoms with E-state index in [0.29, 0.717) is 43.7 Å². The van der Waals surface area contributed by atoms with Gasteiger partial charge in [0.1, 0.15) is 22.4 Å². The topological polar surface area (TPSA) is 105 Å². The molecule has 5 rings (SSSR count). The van der Waals surface area contributed by atoms with Gasteiger partial charge in [-0.1, -0.05) is 48.0 Å². The van der Waals surface area contributed by atoms with Crippen LogP contribution in [0.25, 0.3) is 33.9 Å². The van der Waals surface area contributed by atoms with Gasteiger partial charge in [-0.3, -0.25) is 4.79 Å². The number of fused-ring (bicyclic) bond motifs is 1. The molecule has 2 heterocycles. The number of benzene rings is 3. The predicted molar refractivity (Wildman–Crippen MR) is 149 cm³/mol. The first kappa shape index (κ1) is 25.0. The number of aromatic nitrogens is 1. The van der Waals surface area contributed by atoms with Gasteiger partial charge in [-0.2, -0.15) is 5.26 Å². The number of ether oxygens (including phenoxy) is 1. The largest absolute Gasteiger partial charge is 0.483 e. The number of carbonyl (C=O) groups is 1. The summed E-state index contributed by atoms with van der Waals surface area (Å²) in [5.74, 6) is 0.128. The number of nitrogens with zero attached hydrogens (tertiary/aromatic N) is 2. The number of rotatable bonds is 7. The molecule has 0 spiro atoms. The molecule has 1 amide bonds. The quantitative estimate of drug-likeness (QED) is 0.183. The number of carbonyl (C=O) groups excluding carboxylic acids is 1. The van der Waals surface area contributed by atoms with Crippen LogP contribution in [0.5, 0.6) is 5.75 Å². The Morgan fingerprint density at radius 3 is 2.71 bits per heavy atom. The Labute approximate surface area is 226 Å². The van der Waals surface area contributed by atoms with Gasteiger partial charge < -0.3 is 14.5 Å². The van der Waals surface area contributed by atoms with Gasteiger partial charge in [-0.05, 0) is 48.5 Å². The lowest BCUT2D eigenvalue weighted by atomic mass is 10.1. The van der Waals surface area contributed by atoms with E-state index in [9.17, 15) is 14.9 Å². The maximum atomic E-state index is 12.6. The predicted octanol–water partition coefficient (Wildman–Crippen LogP) is 6.65.